The van der Waals surface area contributed by atoms with Crippen LogP contribution in [0.2, 0.25) is 0 Å². The molecule has 1 aromatic heterocycles. The first kappa shape index (κ1) is 23.0. The lowest BCUT2D eigenvalue weighted by Crippen LogP contribution is -2.50. The second kappa shape index (κ2) is 9.82. The molecule has 1 atom stereocenters. The number of fused-ring (bicyclic) bond motifs is 1. The molecule has 2 saturated heterocycles. The van der Waals surface area contributed by atoms with Gasteiger partial charge in [-0.1, -0.05) is 18.2 Å². The average Bonchev–Trinajstić information content (AvgIpc) is 2.89. The molecule has 8 heteroatoms. The van der Waals surface area contributed by atoms with Gasteiger partial charge in [-0.3, -0.25) is 14.7 Å². The van der Waals surface area contributed by atoms with Crippen molar-refractivity contribution in [2.75, 3.05) is 45.9 Å². The van der Waals surface area contributed by atoms with Crippen molar-refractivity contribution < 1.29 is 17.9 Å². The first-order valence-corrected chi connectivity index (χ1v) is 13.3. The summed E-state index contributed by atoms with van der Waals surface area (Å²) in [6, 6.07) is 15.0. The van der Waals surface area contributed by atoms with Gasteiger partial charge in [0.25, 0.3) is 5.91 Å². The molecule has 3 aromatic rings. The number of benzene rings is 2. The van der Waals surface area contributed by atoms with E-state index in [1.807, 2.05) is 17.0 Å². The van der Waals surface area contributed by atoms with Gasteiger partial charge in [-0.2, -0.15) is 0 Å². The lowest BCUT2D eigenvalue weighted by molar-refractivity contribution is 0.0274. The Morgan fingerprint density at radius 2 is 1.76 bits per heavy atom. The highest BCUT2D eigenvalue weighted by atomic mass is 32.2. The monoisotopic (exact) mass is 479 g/mol. The molecule has 0 radical (unpaired) electrons. The molecule has 0 bridgehead atoms. The summed E-state index contributed by atoms with van der Waals surface area (Å²) in [7, 11) is -3.76. The molecule has 178 valence electrons. The summed E-state index contributed by atoms with van der Waals surface area (Å²) in [4.78, 5) is 21.9. The summed E-state index contributed by atoms with van der Waals surface area (Å²) in [6.07, 6.45) is 3.93. The third-order valence-corrected chi connectivity index (χ3v) is 8.53. The first-order valence-electron chi connectivity index (χ1n) is 11.8. The summed E-state index contributed by atoms with van der Waals surface area (Å²) < 4.78 is 32.1. The summed E-state index contributed by atoms with van der Waals surface area (Å²) in [5.41, 5.74) is 0.951. The van der Waals surface area contributed by atoms with Crippen molar-refractivity contribution in [1.82, 2.24) is 14.8 Å². The maximum atomic E-state index is 13.3. The van der Waals surface area contributed by atoms with Gasteiger partial charge in [0, 0.05) is 56.5 Å². The maximum Gasteiger partial charge on any atom is 0.253 e. The Bertz CT molecular complexity index is 1260. The number of aromatic nitrogens is 1. The Labute approximate surface area is 200 Å². The molecule has 2 aromatic carbocycles. The number of para-hydroxylation sites is 1. The lowest BCUT2D eigenvalue weighted by atomic mass is 10.0. The van der Waals surface area contributed by atoms with Gasteiger partial charge in [0.15, 0.2) is 0 Å². The molecule has 0 N–H and O–H groups in total. The standard InChI is InChI=1S/C26H29N3O4S/c30-26(29-15-13-28(14-16-29)18-20-4-3-17-33-19-20)22-8-10-23(11-9-22)34(31,32)24-7-1-5-21-6-2-12-27-25(21)24/h1-2,5-12,20H,3-4,13-19H2/t20-/m0/s1. The zero-order valence-electron chi connectivity index (χ0n) is 19.1. The number of hydrogen-bond donors (Lipinski definition) is 0. The van der Waals surface area contributed by atoms with Crippen LogP contribution >= 0.6 is 0 Å². The van der Waals surface area contributed by atoms with Gasteiger partial charge >= 0.3 is 0 Å². The molecule has 0 saturated carbocycles. The second-order valence-corrected chi connectivity index (χ2v) is 11.0. The van der Waals surface area contributed by atoms with Gasteiger partial charge in [-0.15, -0.1) is 0 Å². The highest BCUT2D eigenvalue weighted by Gasteiger charge is 2.26. The molecular formula is C26H29N3O4S. The fourth-order valence-electron chi connectivity index (χ4n) is 4.83. The third-order valence-electron chi connectivity index (χ3n) is 6.73. The Hall–Kier alpha value is -2.81. The van der Waals surface area contributed by atoms with Gasteiger partial charge < -0.3 is 9.64 Å². The number of pyridine rings is 1. The number of rotatable bonds is 5. The molecule has 34 heavy (non-hydrogen) atoms. The number of carbonyl (C=O) groups excluding carboxylic acids is 1. The largest absolute Gasteiger partial charge is 0.381 e. The molecule has 2 fully saturated rings. The van der Waals surface area contributed by atoms with Gasteiger partial charge in [-0.05, 0) is 55.2 Å². The summed E-state index contributed by atoms with van der Waals surface area (Å²) >= 11 is 0. The van der Waals surface area contributed by atoms with Crippen LogP contribution in [0, 0.1) is 5.92 Å². The molecule has 7 nitrogen and oxygen atoms in total. The highest BCUT2D eigenvalue weighted by molar-refractivity contribution is 7.91. The second-order valence-electron chi connectivity index (χ2n) is 9.04. The smallest absolute Gasteiger partial charge is 0.253 e. The van der Waals surface area contributed by atoms with E-state index in [2.05, 4.69) is 9.88 Å². The molecule has 0 aliphatic carbocycles. The number of nitrogens with zero attached hydrogens (tertiary/aromatic N) is 3. The van der Waals surface area contributed by atoms with Gasteiger partial charge in [-0.25, -0.2) is 8.42 Å². The van der Waals surface area contributed by atoms with Gasteiger partial charge in [0.05, 0.1) is 21.9 Å². The maximum absolute atomic E-state index is 13.3. The van der Waals surface area contributed by atoms with Crippen LogP contribution in [0.5, 0.6) is 0 Å². The van der Waals surface area contributed by atoms with E-state index in [1.165, 1.54) is 18.6 Å². The normalized spacial score (nSPS) is 19.9. The minimum Gasteiger partial charge on any atom is -0.381 e. The van der Waals surface area contributed by atoms with E-state index in [9.17, 15) is 13.2 Å². The minimum absolute atomic E-state index is 0.0589. The van der Waals surface area contributed by atoms with E-state index in [0.29, 0.717) is 30.1 Å². The topological polar surface area (TPSA) is 79.8 Å². The van der Waals surface area contributed by atoms with E-state index in [0.717, 1.165) is 44.7 Å². The van der Waals surface area contributed by atoms with E-state index >= 15 is 0 Å². The number of ether oxygens (including phenoxy) is 1. The molecular weight excluding hydrogens is 450 g/mol. The Kier molecular flexibility index (Phi) is 6.63. The van der Waals surface area contributed by atoms with Crippen LogP contribution in [0.1, 0.15) is 23.2 Å². The Morgan fingerprint density at radius 1 is 1.00 bits per heavy atom. The van der Waals surface area contributed by atoms with Crippen LogP contribution in [0.15, 0.2) is 70.6 Å². The molecule has 2 aliphatic heterocycles. The van der Waals surface area contributed by atoms with E-state index in [-0.39, 0.29) is 15.7 Å². The van der Waals surface area contributed by atoms with Crippen LogP contribution in [0.4, 0.5) is 0 Å². The van der Waals surface area contributed by atoms with Crippen LogP contribution in [-0.4, -0.2) is 75.0 Å². The number of hydrogen-bond acceptors (Lipinski definition) is 6. The van der Waals surface area contributed by atoms with Crippen molar-refractivity contribution in [2.24, 2.45) is 5.92 Å². The third kappa shape index (κ3) is 4.71. The number of sulfone groups is 1. The van der Waals surface area contributed by atoms with Crippen LogP contribution in [0.25, 0.3) is 10.9 Å². The van der Waals surface area contributed by atoms with Crippen molar-refractivity contribution in [3.8, 4) is 0 Å². The molecule has 3 heterocycles. The average molecular weight is 480 g/mol. The highest BCUT2D eigenvalue weighted by Crippen LogP contribution is 2.27. The number of amides is 1. The lowest BCUT2D eigenvalue weighted by Gasteiger charge is -2.37. The Morgan fingerprint density at radius 3 is 2.50 bits per heavy atom. The Balaban J connectivity index is 1.25. The SMILES string of the molecule is O=C(c1ccc(S(=O)(=O)c2cccc3cccnc23)cc1)N1CCN(C[C@@H]2CCCOC2)CC1. The number of carbonyl (C=O) groups is 1. The predicted octanol–water partition coefficient (Wildman–Crippen LogP) is 3.25. The van der Waals surface area contributed by atoms with Crippen molar-refractivity contribution in [3.05, 3.63) is 66.4 Å². The van der Waals surface area contributed by atoms with E-state index < -0.39 is 9.84 Å². The van der Waals surface area contributed by atoms with Gasteiger partial charge in [0.2, 0.25) is 9.84 Å². The van der Waals surface area contributed by atoms with Crippen LogP contribution < -0.4 is 0 Å². The quantitative estimate of drug-likeness (QED) is 0.559. The van der Waals surface area contributed by atoms with Crippen LogP contribution in [0.3, 0.4) is 0 Å². The molecule has 2 aliphatic rings. The van der Waals surface area contributed by atoms with Gasteiger partial charge in [0.1, 0.15) is 0 Å². The molecule has 0 unspecified atom stereocenters. The zero-order chi connectivity index (χ0) is 23.5. The van der Waals surface area contributed by atoms with E-state index in [4.69, 9.17) is 4.74 Å². The summed E-state index contributed by atoms with van der Waals surface area (Å²) in [5, 5.41) is 0.769. The molecule has 5 rings (SSSR count). The van der Waals surface area contributed by atoms with E-state index in [1.54, 1.807) is 36.5 Å². The summed E-state index contributed by atoms with van der Waals surface area (Å²) in [5.74, 6) is 0.527. The molecule has 0 spiro atoms. The summed E-state index contributed by atoms with van der Waals surface area (Å²) in [6.45, 7) is 5.78. The van der Waals surface area contributed by atoms with Crippen molar-refractivity contribution in [2.45, 2.75) is 22.6 Å². The number of piperazine rings is 1. The molecule has 1 amide bonds. The van der Waals surface area contributed by atoms with Crippen molar-refractivity contribution in [1.29, 1.82) is 0 Å². The zero-order valence-corrected chi connectivity index (χ0v) is 19.9. The first-order chi connectivity index (χ1) is 16.5. The van der Waals surface area contributed by atoms with Crippen molar-refractivity contribution in [3.63, 3.8) is 0 Å². The fraction of sp³-hybridized carbons (Fsp3) is 0.385. The van der Waals surface area contributed by atoms with Crippen LogP contribution in [-0.2, 0) is 14.6 Å². The fourth-order valence-corrected chi connectivity index (χ4v) is 6.26. The van der Waals surface area contributed by atoms with Crippen molar-refractivity contribution >= 4 is 26.6 Å². The predicted molar refractivity (Wildman–Crippen MR) is 130 cm³/mol. The minimum atomic E-state index is -3.76.